The van der Waals surface area contributed by atoms with Crippen LogP contribution >= 0.6 is 23.1 Å². The Kier molecular flexibility index (Phi) is 4.33. The number of rotatable bonds is 4. The number of carboxylic acids is 1. The average molecular weight is 327 g/mol. The maximum Gasteiger partial charge on any atom is 0.347 e. The maximum atomic E-state index is 11.8. The molecule has 112 valence electrons. The zero-order valence-corrected chi connectivity index (χ0v) is 13.2. The van der Waals surface area contributed by atoms with Crippen molar-refractivity contribution in [1.82, 2.24) is 14.1 Å². The first-order chi connectivity index (χ1) is 9.81. The van der Waals surface area contributed by atoms with Crippen molar-refractivity contribution in [2.24, 2.45) is 14.1 Å². The van der Waals surface area contributed by atoms with E-state index in [1.165, 1.54) is 29.4 Å². The van der Waals surface area contributed by atoms with Gasteiger partial charge in [-0.3, -0.25) is 13.9 Å². The average Bonchev–Trinajstić information content (AvgIpc) is 2.80. The number of aryl methyl sites for hydroxylation is 1. The van der Waals surface area contributed by atoms with Gasteiger partial charge in [-0.15, -0.1) is 11.3 Å². The molecule has 2 aromatic rings. The van der Waals surface area contributed by atoms with Crippen LogP contribution in [0.5, 0.6) is 0 Å². The second-order valence-electron chi connectivity index (χ2n) is 4.36. The van der Waals surface area contributed by atoms with Crippen LogP contribution in [-0.2, 0) is 19.8 Å². The predicted molar refractivity (Wildman–Crippen MR) is 80.3 cm³/mol. The van der Waals surface area contributed by atoms with Crippen LogP contribution in [0.2, 0.25) is 0 Å². The second-order valence-corrected chi connectivity index (χ2v) is 6.58. The fraction of sp³-hybridized carbons (Fsp3) is 0.333. The Labute approximate surface area is 127 Å². The van der Waals surface area contributed by atoms with E-state index in [0.717, 1.165) is 15.9 Å². The first-order valence-corrected chi connectivity index (χ1v) is 7.71. The summed E-state index contributed by atoms with van der Waals surface area (Å²) in [4.78, 5) is 38.8. The Hall–Kier alpha value is -1.87. The summed E-state index contributed by atoms with van der Waals surface area (Å²) in [6, 6.07) is 1.40. The molecule has 0 saturated carbocycles. The summed E-state index contributed by atoms with van der Waals surface area (Å²) in [6.45, 7) is 1.64. The van der Waals surface area contributed by atoms with Gasteiger partial charge in [-0.1, -0.05) is 11.8 Å². The molecule has 0 aliphatic carbocycles. The number of aromatic nitrogens is 3. The van der Waals surface area contributed by atoms with E-state index in [1.54, 1.807) is 14.0 Å². The minimum atomic E-state index is -1.00. The number of aromatic carboxylic acids is 1. The number of thioether (sulfide) groups is 1. The molecule has 0 spiro atoms. The summed E-state index contributed by atoms with van der Waals surface area (Å²) in [5.41, 5.74) is 0.278. The Morgan fingerprint density at radius 2 is 2.05 bits per heavy atom. The van der Waals surface area contributed by atoms with E-state index < -0.39 is 5.97 Å². The van der Waals surface area contributed by atoms with Gasteiger partial charge in [-0.05, 0) is 6.92 Å². The molecular weight excluding hydrogens is 314 g/mol. The summed E-state index contributed by atoms with van der Waals surface area (Å²) in [5.74, 6) is -0.633. The Morgan fingerprint density at radius 3 is 2.62 bits per heavy atom. The van der Waals surface area contributed by atoms with Gasteiger partial charge in [0.05, 0.1) is 5.69 Å². The third-order valence-corrected chi connectivity index (χ3v) is 5.26. The molecule has 1 N–H and O–H groups in total. The van der Waals surface area contributed by atoms with Crippen LogP contribution in [0.15, 0.2) is 20.0 Å². The van der Waals surface area contributed by atoms with E-state index >= 15 is 0 Å². The molecule has 0 aliphatic heterocycles. The van der Waals surface area contributed by atoms with Gasteiger partial charge in [0.25, 0.3) is 5.56 Å². The highest BCUT2D eigenvalue weighted by Crippen LogP contribution is 2.29. The van der Waals surface area contributed by atoms with Crippen LogP contribution in [0.3, 0.4) is 0 Å². The van der Waals surface area contributed by atoms with Gasteiger partial charge in [0.15, 0.2) is 4.34 Å². The van der Waals surface area contributed by atoms with Crippen LogP contribution < -0.4 is 11.2 Å². The second kappa shape index (κ2) is 5.86. The molecule has 21 heavy (non-hydrogen) atoms. The van der Waals surface area contributed by atoms with Gasteiger partial charge >= 0.3 is 11.7 Å². The van der Waals surface area contributed by atoms with Crippen molar-refractivity contribution < 1.29 is 9.90 Å². The van der Waals surface area contributed by atoms with Crippen molar-refractivity contribution in [2.75, 3.05) is 0 Å². The van der Waals surface area contributed by atoms with Crippen molar-refractivity contribution in [2.45, 2.75) is 17.0 Å². The molecule has 0 bridgehead atoms. The molecule has 0 atom stereocenters. The standard InChI is InChI=1S/C12H13N3O4S2/c1-6-9(10(17)18)21-11(13-6)20-5-7-4-8(16)15(3)12(19)14(7)2/h4H,5H2,1-3H3,(H,17,18). The summed E-state index contributed by atoms with van der Waals surface area (Å²) in [5, 5.41) is 8.98. The van der Waals surface area contributed by atoms with E-state index in [9.17, 15) is 14.4 Å². The van der Waals surface area contributed by atoms with Gasteiger partial charge in [0.1, 0.15) is 4.88 Å². The molecule has 0 unspecified atom stereocenters. The summed E-state index contributed by atoms with van der Waals surface area (Å²) in [6.07, 6.45) is 0. The number of thiazole rings is 1. The third kappa shape index (κ3) is 3.08. The lowest BCUT2D eigenvalue weighted by molar-refractivity contribution is 0.0701. The normalized spacial score (nSPS) is 10.8. The quantitative estimate of drug-likeness (QED) is 0.836. The number of carboxylic acid groups (broad SMARTS) is 1. The van der Waals surface area contributed by atoms with E-state index in [1.807, 2.05) is 0 Å². The van der Waals surface area contributed by atoms with Crippen molar-refractivity contribution in [1.29, 1.82) is 0 Å². The van der Waals surface area contributed by atoms with Crippen molar-refractivity contribution in [3.63, 3.8) is 0 Å². The lowest BCUT2D eigenvalue weighted by Crippen LogP contribution is -2.37. The van der Waals surface area contributed by atoms with Crippen molar-refractivity contribution in [3.05, 3.63) is 43.2 Å². The van der Waals surface area contributed by atoms with E-state index in [0.29, 0.717) is 21.5 Å². The molecule has 2 heterocycles. The molecule has 2 aromatic heterocycles. The summed E-state index contributed by atoms with van der Waals surface area (Å²) >= 11 is 2.39. The number of hydrogen-bond acceptors (Lipinski definition) is 6. The molecule has 7 nitrogen and oxygen atoms in total. The topological polar surface area (TPSA) is 94.2 Å². The van der Waals surface area contributed by atoms with E-state index in [2.05, 4.69) is 4.98 Å². The predicted octanol–water partition coefficient (Wildman–Crippen LogP) is 0.839. The molecule has 0 fully saturated rings. The Bertz CT molecular complexity index is 819. The molecule has 9 heteroatoms. The van der Waals surface area contributed by atoms with E-state index in [-0.39, 0.29) is 16.1 Å². The molecule has 0 amide bonds. The first-order valence-electron chi connectivity index (χ1n) is 5.90. The SMILES string of the molecule is Cc1nc(SCc2cc(=O)n(C)c(=O)n2C)sc1C(=O)O. The van der Waals surface area contributed by atoms with Crippen LogP contribution in [0.4, 0.5) is 0 Å². The molecule has 0 aliphatic rings. The minimum Gasteiger partial charge on any atom is -0.477 e. The Balaban J connectivity index is 2.25. The highest BCUT2D eigenvalue weighted by atomic mass is 32.2. The maximum absolute atomic E-state index is 11.8. The largest absolute Gasteiger partial charge is 0.477 e. The monoisotopic (exact) mass is 327 g/mol. The van der Waals surface area contributed by atoms with Crippen molar-refractivity contribution >= 4 is 29.1 Å². The molecular formula is C12H13N3O4S2. The smallest absolute Gasteiger partial charge is 0.347 e. The van der Waals surface area contributed by atoms with Gasteiger partial charge < -0.3 is 5.11 Å². The lowest BCUT2D eigenvalue weighted by atomic mass is 10.4. The van der Waals surface area contributed by atoms with Gasteiger partial charge in [-0.2, -0.15) is 0 Å². The summed E-state index contributed by atoms with van der Waals surface area (Å²) < 4.78 is 3.02. The molecule has 0 aromatic carbocycles. The molecule has 0 radical (unpaired) electrons. The van der Waals surface area contributed by atoms with E-state index in [4.69, 9.17) is 5.11 Å². The van der Waals surface area contributed by atoms with Crippen LogP contribution in [0, 0.1) is 6.92 Å². The van der Waals surface area contributed by atoms with Gasteiger partial charge in [0, 0.05) is 31.6 Å². The Morgan fingerprint density at radius 1 is 1.38 bits per heavy atom. The molecule has 0 saturated heterocycles. The zero-order valence-electron chi connectivity index (χ0n) is 11.6. The van der Waals surface area contributed by atoms with Gasteiger partial charge in [-0.25, -0.2) is 14.6 Å². The lowest BCUT2D eigenvalue weighted by Gasteiger charge is -2.07. The number of hydrogen-bond donors (Lipinski definition) is 1. The van der Waals surface area contributed by atoms with Crippen LogP contribution in [-0.4, -0.2) is 25.2 Å². The fourth-order valence-electron chi connectivity index (χ4n) is 1.68. The number of carbonyl (C=O) groups is 1. The fourth-order valence-corrected chi connectivity index (χ4v) is 3.73. The summed E-state index contributed by atoms with van der Waals surface area (Å²) in [7, 11) is 3.01. The molecule has 2 rings (SSSR count). The highest BCUT2D eigenvalue weighted by molar-refractivity contribution is 8.00. The number of nitrogens with zero attached hydrogens (tertiary/aromatic N) is 3. The third-order valence-electron chi connectivity index (χ3n) is 2.94. The van der Waals surface area contributed by atoms with Crippen LogP contribution in [0.25, 0.3) is 0 Å². The first kappa shape index (κ1) is 15.5. The zero-order chi connectivity index (χ0) is 15.7. The highest BCUT2D eigenvalue weighted by Gasteiger charge is 2.15. The van der Waals surface area contributed by atoms with Crippen molar-refractivity contribution in [3.8, 4) is 0 Å². The van der Waals surface area contributed by atoms with Gasteiger partial charge in [0.2, 0.25) is 0 Å². The minimum absolute atomic E-state index is 0.204. The van der Waals surface area contributed by atoms with Crippen LogP contribution in [0.1, 0.15) is 21.1 Å².